The number of methoxy groups -OCH3 is 1. The fraction of sp³-hybridized carbons (Fsp3) is 0.533. The van der Waals surface area contributed by atoms with Gasteiger partial charge in [0.15, 0.2) is 11.5 Å². The van der Waals surface area contributed by atoms with Gasteiger partial charge in [-0.25, -0.2) is 0 Å². The lowest BCUT2D eigenvalue weighted by molar-refractivity contribution is -0.119. The van der Waals surface area contributed by atoms with Gasteiger partial charge in [0.2, 0.25) is 5.91 Å². The summed E-state index contributed by atoms with van der Waals surface area (Å²) in [5, 5.41) is 0. The van der Waals surface area contributed by atoms with Crippen LogP contribution in [-0.4, -0.2) is 19.6 Å². The number of hydrogen-bond donors (Lipinski definition) is 1. The standard InChI is InChI=1S/C15H21NO3/c1-3-19-13-7-6-11(9-14(13)18-2)12(15(16)17)8-10-4-5-10/h6-7,9-10,12H,3-5,8H2,1-2H3,(H2,16,17). The predicted octanol–water partition coefficient (Wildman–Crippen LogP) is 2.46. The Morgan fingerprint density at radius 3 is 2.68 bits per heavy atom. The van der Waals surface area contributed by atoms with Gasteiger partial charge in [0.25, 0.3) is 0 Å². The first-order valence-corrected chi connectivity index (χ1v) is 6.75. The van der Waals surface area contributed by atoms with E-state index in [1.54, 1.807) is 7.11 Å². The molecule has 104 valence electrons. The van der Waals surface area contributed by atoms with Crippen molar-refractivity contribution >= 4 is 5.91 Å². The third-order valence-electron chi connectivity index (χ3n) is 3.50. The Balaban J connectivity index is 2.23. The molecule has 0 radical (unpaired) electrons. The third-order valence-corrected chi connectivity index (χ3v) is 3.50. The number of carbonyl (C=O) groups is 1. The molecule has 1 atom stereocenters. The van der Waals surface area contributed by atoms with E-state index in [0.29, 0.717) is 24.0 Å². The van der Waals surface area contributed by atoms with Crippen LogP contribution in [0.3, 0.4) is 0 Å². The molecule has 4 heteroatoms. The Labute approximate surface area is 113 Å². The lowest BCUT2D eigenvalue weighted by Crippen LogP contribution is -2.22. The second kappa shape index (κ2) is 5.95. The zero-order valence-corrected chi connectivity index (χ0v) is 11.5. The minimum Gasteiger partial charge on any atom is -0.493 e. The average Bonchev–Trinajstić information content (AvgIpc) is 3.20. The van der Waals surface area contributed by atoms with Crippen molar-refractivity contribution in [2.45, 2.75) is 32.1 Å². The fourth-order valence-corrected chi connectivity index (χ4v) is 2.28. The van der Waals surface area contributed by atoms with E-state index in [9.17, 15) is 4.79 Å². The van der Waals surface area contributed by atoms with E-state index >= 15 is 0 Å². The molecule has 1 unspecified atom stereocenters. The number of benzene rings is 1. The molecule has 19 heavy (non-hydrogen) atoms. The summed E-state index contributed by atoms with van der Waals surface area (Å²) >= 11 is 0. The van der Waals surface area contributed by atoms with Crippen LogP contribution in [0.1, 0.15) is 37.7 Å². The van der Waals surface area contributed by atoms with E-state index in [2.05, 4.69) is 0 Å². The molecular formula is C15H21NO3. The largest absolute Gasteiger partial charge is 0.493 e. The first kappa shape index (κ1) is 13.7. The van der Waals surface area contributed by atoms with E-state index < -0.39 is 0 Å². The molecule has 1 aromatic rings. The zero-order chi connectivity index (χ0) is 13.8. The SMILES string of the molecule is CCOc1ccc(C(CC2CC2)C(N)=O)cc1OC. The van der Waals surface area contributed by atoms with Gasteiger partial charge >= 0.3 is 0 Å². The summed E-state index contributed by atoms with van der Waals surface area (Å²) in [6.07, 6.45) is 3.25. The van der Waals surface area contributed by atoms with Gasteiger partial charge < -0.3 is 15.2 Å². The van der Waals surface area contributed by atoms with Crippen molar-refractivity contribution in [3.05, 3.63) is 23.8 Å². The molecule has 2 N–H and O–H groups in total. The van der Waals surface area contributed by atoms with Gasteiger partial charge in [-0.1, -0.05) is 18.9 Å². The summed E-state index contributed by atoms with van der Waals surface area (Å²) in [7, 11) is 1.60. The van der Waals surface area contributed by atoms with E-state index in [-0.39, 0.29) is 11.8 Å². The van der Waals surface area contributed by atoms with Gasteiger partial charge in [-0.3, -0.25) is 4.79 Å². The average molecular weight is 263 g/mol. The van der Waals surface area contributed by atoms with Gasteiger partial charge in [-0.05, 0) is 37.0 Å². The predicted molar refractivity (Wildman–Crippen MR) is 73.4 cm³/mol. The number of nitrogens with two attached hydrogens (primary N) is 1. The van der Waals surface area contributed by atoms with Crippen LogP contribution in [0.25, 0.3) is 0 Å². The smallest absolute Gasteiger partial charge is 0.224 e. The minimum atomic E-state index is -0.266. The maximum Gasteiger partial charge on any atom is 0.224 e. The third kappa shape index (κ3) is 3.40. The summed E-state index contributed by atoms with van der Waals surface area (Å²) < 4.78 is 10.8. The Kier molecular flexibility index (Phi) is 4.30. The number of rotatable bonds is 7. The highest BCUT2D eigenvalue weighted by Crippen LogP contribution is 2.40. The van der Waals surface area contributed by atoms with E-state index in [1.165, 1.54) is 12.8 Å². The molecule has 0 aromatic heterocycles. The van der Waals surface area contributed by atoms with Crippen molar-refractivity contribution in [2.24, 2.45) is 11.7 Å². The molecule has 1 fully saturated rings. The van der Waals surface area contributed by atoms with Gasteiger partial charge in [-0.15, -0.1) is 0 Å². The Morgan fingerprint density at radius 1 is 1.42 bits per heavy atom. The molecule has 1 aliphatic rings. The lowest BCUT2D eigenvalue weighted by atomic mass is 9.92. The maximum absolute atomic E-state index is 11.6. The van der Waals surface area contributed by atoms with Crippen LogP contribution in [0.15, 0.2) is 18.2 Å². The molecule has 0 saturated heterocycles. The highest BCUT2D eigenvalue weighted by molar-refractivity contribution is 5.82. The number of amides is 1. The Bertz CT molecular complexity index is 455. The normalized spacial score (nSPS) is 15.9. The van der Waals surface area contributed by atoms with E-state index in [0.717, 1.165) is 12.0 Å². The van der Waals surface area contributed by atoms with Gasteiger partial charge in [0.1, 0.15) is 0 Å². The molecule has 4 nitrogen and oxygen atoms in total. The van der Waals surface area contributed by atoms with Gasteiger partial charge in [0.05, 0.1) is 19.6 Å². The fourth-order valence-electron chi connectivity index (χ4n) is 2.28. The minimum absolute atomic E-state index is 0.225. The number of ether oxygens (including phenoxy) is 2. The van der Waals surface area contributed by atoms with Crippen molar-refractivity contribution in [3.63, 3.8) is 0 Å². The number of carbonyl (C=O) groups excluding carboxylic acids is 1. The number of hydrogen-bond acceptors (Lipinski definition) is 3. The topological polar surface area (TPSA) is 61.5 Å². The lowest BCUT2D eigenvalue weighted by Gasteiger charge is -2.16. The Morgan fingerprint density at radius 2 is 2.16 bits per heavy atom. The van der Waals surface area contributed by atoms with E-state index in [4.69, 9.17) is 15.2 Å². The van der Waals surface area contributed by atoms with Crippen molar-refractivity contribution in [2.75, 3.05) is 13.7 Å². The first-order chi connectivity index (χ1) is 9.15. The highest BCUT2D eigenvalue weighted by Gasteiger charge is 2.29. The van der Waals surface area contributed by atoms with Crippen LogP contribution in [0.2, 0.25) is 0 Å². The maximum atomic E-state index is 11.6. The molecule has 1 saturated carbocycles. The summed E-state index contributed by atoms with van der Waals surface area (Å²) in [4.78, 5) is 11.6. The number of primary amides is 1. The quantitative estimate of drug-likeness (QED) is 0.822. The van der Waals surface area contributed by atoms with Crippen molar-refractivity contribution in [3.8, 4) is 11.5 Å². The van der Waals surface area contributed by atoms with Crippen LogP contribution >= 0.6 is 0 Å². The molecule has 1 amide bonds. The molecule has 0 spiro atoms. The molecule has 0 heterocycles. The zero-order valence-electron chi connectivity index (χ0n) is 11.5. The second-order valence-corrected chi connectivity index (χ2v) is 4.98. The summed E-state index contributed by atoms with van der Waals surface area (Å²) in [5.41, 5.74) is 6.44. The molecule has 1 aromatic carbocycles. The molecular weight excluding hydrogens is 242 g/mol. The molecule has 1 aliphatic carbocycles. The summed E-state index contributed by atoms with van der Waals surface area (Å²) in [5.74, 6) is 1.51. The monoisotopic (exact) mass is 263 g/mol. The van der Waals surface area contributed by atoms with Gasteiger partial charge in [0, 0.05) is 0 Å². The van der Waals surface area contributed by atoms with Crippen LogP contribution in [0.5, 0.6) is 11.5 Å². The Hall–Kier alpha value is -1.71. The summed E-state index contributed by atoms with van der Waals surface area (Å²) in [6, 6.07) is 5.62. The van der Waals surface area contributed by atoms with Crippen molar-refractivity contribution in [1.82, 2.24) is 0 Å². The summed E-state index contributed by atoms with van der Waals surface area (Å²) in [6.45, 7) is 2.50. The molecule has 0 aliphatic heterocycles. The van der Waals surface area contributed by atoms with Crippen molar-refractivity contribution in [1.29, 1.82) is 0 Å². The van der Waals surface area contributed by atoms with Crippen LogP contribution in [-0.2, 0) is 4.79 Å². The first-order valence-electron chi connectivity index (χ1n) is 6.75. The molecule has 2 rings (SSSR count). The van der Waals surface area contributed by atoms with E-state index in [1.807, 2.05) is 25.1 Å². The van der Waals surface area contributed by atoms with Crippen molar-refractivity contribution < 1.29 is 14.3 Å². The highest BCUT2D eigenvalue weighted by atomic mass is 16.5. The van der Waals surface area contributed by atoms with Crippen LogP contribution < -0.4 is 15.2 Å². The second-order valence-electron chi connectivity index (χ2n) is 4.98. The molecule has 0 bridgehead atoms. The van der Waals surface area contributed by atoms with Crippen LogP contribution in [0.4, 0.5) is 0 Å². The van der Waals surface area contributed by atoms with Crippen LogP contribution in [0, 0.1) is 5.92 Å². The van der Waals surface area contributed by atoms with Gasteiger partial charge in [-0.2, -0.15) is 0 Å².